The summed E-state index contributed by atoms with van der Waals surface area (Å²) in [7, 11) is 0. The zero-order valence-electron chi connectivity index (χ0n) is 14.4. The summed E-state index contributed by atoms with van der Waals surface area (Å²) in [5.74, 6) is 0. The van der Waals surface area contributed by atoms with Crippen LogP contribution < -0.4 is 0 Å². The molecule has 1 fully saturated rings. The van der Waals surface area contributed by atoms with Gasteiger partial charge in [-0.25, -0.2) is 0 Å². The predicted octanol–water partition coefficient (Wildman–Crippen LogP) is 3.99. The normalized spacial score (nSPS) is 15.9. The molecule has 0 unspecified atom stereocenters. The van der Waals surface area contributed by atoms with Crippen molar-refractivity contribution in [3.8, 4) is 0 Å². The maximum Gasteiger partial charge on any atom is 0.0542 e. The van der Waals surface area contributed by atoms with Gasteiger partial charge in [-0.2, -0.15) is 5.10 Å². The first-order valence-electron chi connectivity index (χ1n) is 8.91. The largest absolute Gasteiger partial charge is 0.295 e. The highest BCUT2D eigenvalue weighted by Crippen LogP contribution is 2.20. The zero-order chi connectivity index (χ0) is 16.9. The summed E-state index contributed by atoms with van der Waals surface area (Å²) in [5, 5.41) is 9.49. The average molecular weight is 329 g/mol. The van der Waals surface area contributed by atoms with Gasteiger partial charge in [0.2, 0.25) is 0 Å². The molecule has 1 saturated heterocycles. The molecule has 126 valence electrons. The third-order valence-corrected chi connectivity index (χ3v) is 4.79. The monoisotopic (exact) mass is 329 g/mol. The Bertz CT molecular complexity index is 844. The fourth-order valence-corrected chi connectivity index (χ4v) is 3.37. The van der Waals surface area contributed by atoms with Gasteiger partial charge in [-0.1, -0.05) is 72.8 Å². The maximum absolute atomic E-state index is 4.63. The van der Waals surface area contributed by atoms with Crippen LogP contribution in [0.4, 0.5) is 0 Å². The van der Waals surface area contributed by atoms with Crippen molar-refractivity contribution in [1.82, 2.24) is 9.91 Å². The molecule has 0 saturated carbocycles. The van der Waals surface area contributed by atoms with E-state index in [0.29, 0.717) is 0 Å². The van der Waals surface area contributed by atoms with Gasteiger partial charge in [-0.3, -0.25) is 9.91 Å². The van der Waals surface area contributed by atoms with Crippen molar-refractivity contribution in [1.29, 1.82) is 0 Å². The summed E-state index contributed by atoms with van der Waals surface area (Å²) in [6, 6.07) is 25.5. The topological polar surface area (TPSA) is 18.8 Å². The second kappa shape index (κ2) is 7.49. The van der Waals surface area contributed by atoms with E-state index in [1.807, 2.05) is 24.4 Å². The van der Waals surface area contributed by atoms with Gasteiger partial charge in [0.15, 0.2) is 0 Å². The Morgan fingerprint density at radius 3 is 2.32 bits per heavy atom. The van der Waals surface area contributed by atoms with E-state index in [1.165, 1.54) is 16.3 Å². The molecule has 0 spiro atoms. The Labute approximate surface area is 149 Å². The van der Waals surface area contributed by atoms with Gasteiger partial charge in [0.05, 0.1) is 6.21 Å². The first kappa shape index (κ1) is 15.9. The fraction of sp³-hybridized carbons (Fsp3) is 0.227. The molecule has 0 amide bonds. The van der Waals surface area contributed by atoms with Gasteiger partial charge in [0.1, 0.15) is 0 Å². The molecule has 0 atom stereocenters. The third kappa shape index (κ3) is 3.89. The molecule has 0 radical (unpaired) electrons. The van der Waals surface area contributed by atoms with Crippen LogP contribution in [-0.2, 0) is 6.54 Å². The zero-order valence-corrected chi connectivity index (χ0v) is 14.4. The number of hydrogen-bond acceptors (Lipinski definition) is 3. The molecule has 3 aromatic carbocycles. The molecular formula is C22H23N3. The smallest absolute Gasteiger partial charge is 0.0542 e. The standard InChI is InChI=1S/C22H23N3/c1-2-7-19(8-3-1)17-23-25-15-13-24(14-16-25)18-21-11-6-10-20-9-4-5-12-22(20)21/h1-12,17H,13-16,18H2/b23-17+. The minimum atomic E-state index is 0.980. The van der Waals surface area contributed by atoms with Crippen molar-refractivity contribution in [3.63, 3.8) is 0 Å². The lowest BCUT2D eigenvalue weighted by Crippen LogP contribution is -2.43. The quantitative estimate of drug-likeness (QED) is 0.674. The number of nitrogens with zero attached hydrogens (tertiary/aromatic N) is 3. The van der Waals surface area contributed by atoms with E-state index >= 15 is 0 Å². The van der Waals surface area contributed by atoms with E-state index in [4.69, 9.17) is 0 Å². The average Bonchev–Trinajstić information content (AvgIpc) is 2.69. The highest BCUT2D eigenvalue weighted by molar-refractivity contribution is 5.85. The van der Waals surface area contributed by atoms with Crippen molar-refractivity contribution in [2.75, 3.05) is 26.2 Å². The number of hydrazone groups is 1. The molecule has 1 aliphatic rings. The van der Waals surface area contributed by atoms with Gasteiger partial charge in [0, 0.05) is 32.7 Å². The highest BCUT2D eigenvalue weighted by atomic mass is 15.5. The number of fused-ring (bicyclic) bond motifs is 1. The van der Waals surface area contributed by atoms with E-state index in [-0.39, 0.29) is 0 Å². The molecule has 3 aromatic rings. The third-order valence-electron chi connectivity index (χ3n) is 4.79. The summed E-state index contributed by atoms with van der Waals surface area (Å²) in [4.78, 5) is 2.52. The van der Waals surface area contributed by atoms with Crippen molar-refractivity contribution in [2.24, 2.45) is 5.10 Å². The highest BCUT2D eigenvalue weighted by Gasteiger charge is 2.16. The lowest BCUT2D eigenvalue weighted by molar-refractivity contribution is 0.131. The van der Waals surface area contributed by atoms with E-state index in [1.54, 1.807) is 0 Å². The minimum Gasteiger partial charge on any atom is -0.295 e. The van der Waals surface area contributed by atoms with Crippen LogP contribution in [0, 0.1) is 0 Å². The first-order chi connectivity index (χ1) is 12.4. The Morgan fingerprint density at radius 2 is 1.48 bits per heavy atom. The fourth-order valence-electron chi connectivity index (χ4n) is 3.37. The van der Waals surface area contributed by atoms with Crippen molar-refractivity contribution in [3.05, 3.63) is 83.9 Å². The molecule has 0 aromatic heterocycles. The lowest BCUT2D eigenvalue weighted by atomic mass is 10.0. The van der Waals surface area contributed by atoms with Crippen molar-refractivity contribution < 1.29 is 0 Å². The summed E-state index contributed by atoms with van der Waals surface area (Å²) in [6.07, 6.45) is 1.96. The molecule has 25 heavy (non-hydrogen) atoms. The summed E-state index contributed by atoms with van der Waals surface area (Å²) in [5.41, 5.74) is 2.57. The number of benzene rings is 3. The van der Waals surface area contributed by atoms with Crippen LogP contribution in [0.1, 0.15) is 11.1 Å². The Kier molecular flexibility index (Phi) is 4.75. The predicted molar refractivity (Wildman–Crippen MR) is 105 cm³/mol. The number of piperazine rings is 1. The number of hydrogen-bond donors (Lipinski definition) is 0. The van der Waals surface area contributed by atoms with Crippen LogP contribution in [0.3, 0.4) is 0 Å². The van der Waals surface area contributed by atoms with Crippen LogP contribution in [-0.4, -0.2) is 42.3 Å². The van der Waals surface area contributed by atoms with Gasteiger partial charge in [-0.15, -0.1) is 0 Å². The summed E-state index contributed by atoms with van der Waals surface area (Å²) in [6.45, 7) is 5.07. The lowest BCUT2D eigenvalue weighted by Gasteiger charge is -2.33. The van der Waals surface area contributed by atoms with Crippen LogP contribution in [0.25, 0.3) is 10.8 Å². The van der Waals surface area contributed by atoms with Crippen LogP contribution in [0.5, 0.6) is 0 Å². The summed E-state index contributed by atoms with van der Waals surface area (Å²) >= 11 is 0. The molecular weight excluding hydrogens is 306 g/mol. The van der Waals surface area contributed by atoms with Crippen LogP contribution in [0.2, 0.25) is 0 Å². The molecule has 0 N–H and O–H groups in total. The van der Waals surface area contributed by atoms with Gasteiger partial charge in [0.25, 0.3) is 0 Å². The molecule has 1 aliphatic heterocycles. The van der Waals surface area contributed by atoms with Crippen LogP contribution in [0.15, 0.2) is 77.9 Å². The minimum absolute atomic E-state index is 0.980. The first-order valence-corrected chi connectivity index (χ1v) is 8.91. The summed E-state index contributed by atoms with van der Waals surface area (Å²) < 4.78 is 0. The second-order valence-electron chi connectivity index (χ2n) is 6.52. The second-order valence-corrected chi connectivity index (χ2v) is 6.52. The molecule has 3 heteroatoms. The van der Waals surface area contributed by atoms with Gasteiger partial charge in [-0.05, 0) is 21.9 Å². The molecule has 0 bridgehead atoms. The SMILES string of the molecule is C(=N\N1CCN(Cc2cccc3ccccc23)CC1)/c1ccccc1. The van der Waals surface area contributed by atoms with Gasteiger partial charge < -0.3 is 0 Å². The number of rotatable bonds is 4. The van der Waals surface area contributed by atoms with E-state index in [9.17, 15) is 0 Å². The molecule has 3 nitrogen and oxygen atoms in total. The van der Waals surface area contributed by atoms with E-state index in [0.717, 1.165) is 38.3 Å². The van der Waals surface area contributed by atoms with Crippen LogP contribution >= 0.6 is 0 Å². The Balaban J connectivity index is 1.36. The maximum atomic E-state index is 4.63. The molecule has 4 rings (SSSR count). The van der Waals surface area contributed by atoms with Gasteiger partial charge >= 0.3 is 0 Å². The molecule has 0 aliphatic carbocycles. The van der Waals surface area contributed by atoms with E-state index in [2.05, 4.69) is 69.6 Å². The van der Waals surface area contributed by atoms with Crippen molar-refractivity contribution >= 4 is 17.0 Å². The van der Waals surface area contributed by atoms with E-state index < -0.39 is 0 Å². The van der Waals surface area contributed by atoms with Crippen molar-refractivity contribution in [2.45, 2.75) is 6.54 Å². The Morgan fingerprint density at radius 1 is 0.760 bits per heavy atom. The Hall–Kier alpha value is -2.65. The molecule has 1 heterocycles.